The van der Waals surface area contributed by atoms with Crippen molar-refractivity contribution < 1.29 is 19.1 Å². The molecule has 2 rings (SSSR count). The molecule has 1 N–H and O–H groups in total. The van der Waals surface area contributed by atoms with Gasteiger partial charge in [0.2, 0.25) is 0 Å². The van der Waals surface area contributed by atoms with Crippen LogP contribution < -0.4 is 10.1 Å². The van der Waals surface area contributed by atoms with Gasteiger partial charge in [0, 0.05) is 25.4 Å². The Hall–Kier alpha value is -2.83. The predicted molar refractivity (Wildman–Crippen MR) is 84.2 cm³/mol. The summed E-state index contributed by atoms with van der Waals surface area (Å²) in [5, 5.41) is 7.05. The molecule has 7 heteroatoms. The number of carbonyl (C=O) groups is 2. The molecule has 0 atom stereocenters. The van der Waals surface area contributed by atoms with Crippen molar-refractivity contribution in [2.75, 3.05) is 20.8 Å². The van der Waals surface area contributed by atoms with E-state index in [4.69, 9.17) is 4.74 Å². The van der Waals surface area contributed by atoms with E-state index in [1.54, 1.807) is 25.0 Å². The molecule has 122 valence electrons. The lowest BCUT2D eigenvalue weighted by atomic mass is 10.1. The van der Waals surface area contributed by atoms with E-state index >= 15 is 0 Å². The monoisotopic (exact) mass is 317 g/mol. The van der Waals surface area contributed by atoms with Gasteiger partial charge < -0.3 is 14.8 Å². The maximum Gasteiger partial charge on any atom is 0.307 e. The van der Waals surface area contributed by atoms with Crippen molar-refractivity contribution >= 4 is 11.9 Å². The molecule has 0 radical (unpaired) electrons. The summed E-state index contributed by atoms with van der Waals surface area (Å²) in [6.45, 7) is 0.200. The summed E-state index contributed by atoms with van der Waals surface area (Å²) in [5.41, 5.74) is 1.68. The Kier molecular flexibility index (Phi) is 5.35. The van der Waals surface area contributed by atoms with Gasteiger partial charge in [-0.05, 0) is 12.1 Å². The van der Waals surface area contributed by atoms with Crippen molar-refractivity contribution in [2.45, 2.75) is 6.42 Å². The summed E-state index contributed by atoms with van der Waals surface area (Å²) in [5.74, 6) is -0.0424. The third-order valence-electron chi connectivity index (χ3n) is 3.28. The molecule has 1 aromatic carbocycles. The third-order valence-corrected chi connectivity index (χ3v) is 3.28. The van der Waals surface area contributed by atoms with Crippen LogP contribution in [0.5, 0.6) is 5.75 Å². The van der Waals surface area contributed by atoms with Crippen LogP contribution in [-0.4, -0.2) is 42.4 Å². The van der Waals surface area contributed by atoms with Gasteiger partial charge in [-0.15, -0.1) is 0 Å². The van der Waals surface area contributed by atoms with Gasteiger partial charge in [0.05, 0.1) is 26.2 Å². The van der Waals surface area contributed by atoms with Crippen LogP contribution in [0.3, 0.4) is 0 Å². The molecule has 23 heavy (non-hydrogen) atoms. The highest BCUT2D eigenvalue weighted by molar-refractivity contribution is 6.00. The maximum atomic E-state index is 12.4. The number of aromatic nitrogens is 2. The summed E-state index contributed by atoms with van der Waals surface area (Å²) < 4.78 is 11.4. The highest BCUT2D eigenvalue weighted by atomic mass is 16.5. The first-order valence-corrected chi connectivity index (χ1v) is 7.09. The van der Waals surface area contributed by atoms with Crippen LogP contribution in [0.4, 0.5) is 0 Å². The first-order valence-electron chi connectivity index (χ1n) is 7.09. The number of nitrogens with one attached hydrogen (secondary N) is 1. The van der Waals surface area contributed by atoms with E-state index in [1.807, 2.05) is 24.3 Å². The average Bonchev–Trinajstić information content (AvgIpc) is 2.96. The summed E-state index contributed by atoms with van der Waals surface area (Å²) in [6, 6.07) is 7.35. The molecule has 0 aliphatic rings. The van der Waals surface area contributed by atoms with E-state index in [0.717, 1.165) is 5.56 Å². The first kappa shape index (κ1) is 16.5. The van der Waals surface area contributed by atoms with Crippen molar-refractivity contribution in [1.82, 2.24) is 15.1 Å². The van der Waals surface area contributed by atoms with Gasteiger partial charge in [0.1, 0.15) is 11.4 Å². The highest BCUT2D eigenvalue weighted by Gasteiger charge is 2.19. The van der Waals surface area contributed by atoms with Crippen molar-refractivity contribution in [1.29, 1.82) is 0 Å². The van der Waals surface area contributed by atoms with Gasteiger partial charge in [-0.2, -0.15) is 5.10 Å². The number of esters is 1. The number of benzene rings is 1. The fraction of sp³-hybridized carbons (Fsp3) is 0.312. The van der Waals surface area contributed by atoms with Gasteiger partial charge in [-0.1, -0.05) is 12.1 Å². The van der Waals surface area contributed by atoms with Crippen molar-refractivity contribution in [3.05, 3.63) is 36.0 Å². The summed E-state index contributed by atoms with van der Waals surface area (Å²) >= 11 is 0. The molecule has 7 nitrogen and oxygen atoms in total. The van der Waals surface area contributed by atoms with Crippen LogP contribution in [0.1, 0.15) is 16.8 Å². The number of nitrogens with zero attached hydrogens (tertiary/aromatic N) is 2. The number of carbonyl (C=O) groups excluding carboxylic acids is 2. The van der Waals surface area contributed by atoms with Gasteiger partial charge in [0.15, 0.2) is 0 Å². The molecule has 0 fully saturated rings. The molecular weight excluding hydrogens is 298 g/mol. The van der Waals surface area contributed by atoms with E-state index < -0.39 is 0 Å². The molecule has 0 aliphatic heterocycles. The molecule has 0 aliphatic carbocycles. The second-order valence-corrected chi connectivity index (χ2v) is 4.85. The molecule has 1 heterocycles. The van der Waals surface area contributed by atoms with Crippen molar-refractivity contribution in [2.24, 2.45) is 7.05 Å². The number of aryl methyl sites for hydroxylation is 1. The third kappa shape index (κ3) is 3.88. The molecule has 0 saturated heterocycles. The van der Waals surface area contributed by atoms with Gasteiger partial charge in [-0.25, -0.2) is 0 Å². The Bertz CT molecular complexity index is 709. The minimum absolute atomic E-state index is 0.118. The average molecular weight is 317 g/mol. The Balaban J connectivity index is 2.23. The number of methoxy groups -OCH3 is 2. The van der Waals surface area contributed by atoms with Crippen LogP contribution in [0.15, 0.2) is 30.5 Å². The Morgan fingerprint density at radius 2 is 2.00 bits per heavy atom. The van der Waals surface area contributed by atoms with Crippen molar-refractivity contribution in [3.63, 3.8) is 0 Å². The number of hydrogen-bond donors (Lipinski definition) is 1. The van der Waals surface area contributed by atoms with E-state index in [9.17, 15) is 9.59 Å². The van der Waals surface area contributed by atoms with Gasteiger partial charge >= 0.3 is 5.97 Å². The minimum Gasteiger partial charge on any atom is -0.496 e. The largest absolute Gasteiger partial charge is 0.496 e. The quantitative estimate of drug-likeness (QED) is 0.814. The molecule has 0 spiro atoms. The smallest absolute Gasteiger partial charge is 0.307 e. The Morgan fingerprint density at radius 3 is 2.70 bits per heavy atom. The lowest BCUT2D eigenvalue weighted by molar-refractivity contribution is -0.140. The lowest BCUT2D eigenvalue weighted by Gasteiger charge is -2.08. The van der Waals surface area contributed by atoms with E-state index in [2.05, 4.69) is 15.2 Å². The number of rotatable bonds is 6. The fourth-order valence-electron chi connectivity index (χ4n) is 2.17. The van der Waals surface area contributed by atoms with Gasteiger partial charge in [0.25, 0.3) is 5.91 Å². The predicted octanol–water partition coefficient (Wildman–Crippen LogP) is 1.39. The summed E-state index contributed by atoms with van der Waals surface area (Å²) in [7, 11) is 4.62. The molecule has 1 amide bonds. The maximum absolute atomic E-state index is 12.4. The second kappa shape index (κ2) is 7.44. The van der Waals surface area contributed by atoms with E-state index in [0.29, 0.717) is 17.0 Å². The highest BCUT2D eigenvalue weighted by Crippen LogP contribution is 2.30. The molecule has 1 aromatic heterocycles. The second-order valence-electron chi connectivity index (χ2n) is 4.85. The first-order chi connectivity index (χ1) is 11.1. The van der Waals surface area contributed by atoms with Crippen molar-refractivity contribution in [3.8, 4) is 17.0 Å². The van der Waals surface area contributed by atoms with Crippen LogP contribution in [0.25, 0.3) is 11.3 Å². The van der Waals surface area contributed by atoms with E-state index in [1.165, 1.54) is 7.11 Å². The molecular formula is C16H19N3O4. The van der Waals surface area contributed by atoms with Crippen LogP contribution in [0, 0.1) is 0 Å². The van der Waals surface area contributed by atoms with Crippen LogP contribution in [0.2, 0.25) is 0 Å². The number of para-hydroxylation sites is 1. The normalized spacial score (nSPS) is 10.2. The summed E-state index contributed by atoms with van der Waals surface area (Å²) in [4.78, 5) is 23.5. The van der Waals surface area contributed by atoms with Crippen LogP contribution in [-0.2, 0) is 16.6 Å². The zero-order valence-electron chi connectivity index (χ0n) is 13.3. The Morgan fingerprint density at radius 1 is 1.26 bits per heavy atom. The minimum atomic E-state index is -0.374. The fourth-order valence-corrected chi connectivity index (χ4v) is 2.17. The standard InChI is InChI=1S/C16H19N3O4/c1-19-10-12(16(21)17-9-8-14(20)23-3)15(18-19)11-6-4-5-7-13(11)22-2/h4-7,10H,8-9H2,1-3H3,(H,17,21). The number of ether oxygens (including phenoxy) is 2. The lowest BCUT2D eigenvalue weighted by Crippen LogP contribution is -2.26. The molecule has 0 saturated carbocycles. The summed E-state index contributed by atoms with van der Waals surface area (Å²) in [6.07, 6.45) is 1.75. The molecule has 0 bridgehead atoms. The van der Waals surface area contributed by atoms with Crippen LogP contribution >= 0.6 is 0 Å². The molecule has 0 unspecified atom stereocenters. The van der Waals surface area contributed by atoms with E-state index in [-0.39, 0.29) is 24.8 Å². The topological polar surface area (TPSA) is 82.5 Å². The Labute approximate surface area is 134 Å². The SMILES string of the molecule is COC(=O)CCNC(=O)c1cn(C)nc1-c1ccccc1OC. The molecule has 2 aromatic rings. The zero-order chi connectivity index (χ0) is 16.8. The number of hydrogen-bond acceptors (Lipinski definition) is 5. The number of amides is 1. The van der Waals surface area contributed by atoms with Gasteiger partial charge in [-0.3, -0.25) is 14.3 Å². The zero-order valence-corrected chi connectivity index (χ0v) is 13.3.